The van der Waals surface area contributed by atoms with Gasteiger partial charge in [0.25, 0.3) is 0 Å². The van der Waals surface area contributed by atoms with Gasteiger partial charge < -0.3 is 9.84 Å². The fourth-order valence-electron chi connectivity index (χ4n) is 1.42. The first-order valence-corrected chi connectivity index (χ1v) is 5.55. The number of aryl methyl sites for hydroxylation is 1. The zero-order valence-electron chi connectivity index (χ0n) is 9.77. The van der Waals surface area contributed by atoms with E-state index in [1.54, 1.807) is 0 Å². The maximum atomic E-state index is 10.4. The largest absolute Gasteiger partial charge is 0.493 e. The summed E-state index contributed by atoms with van der Waals surface area (Å²) in [6.45, 7) is 4.41. The lowest BCUT2D eigenvalue weighted by molar-refractivity contribution is -0.138. The van der Waals surface area contributed by atoms with Crippen molar-refractivity contribution in [3.63, 3.8) is 0 Å². The molecule has 3 nitrogen and oxygen atoms in total. The summed E-state index contributed by atoms with van der Waals surface area (Å²) >= 11 is 0. The van der Waals surface area contributed by atoms with Gasteiger partial charge in [-0.15, -0.1) is 0 Å². The van der Waals surface area contributed by atoms with E-state index in [1.807, 2.05) is 31.2 Å². The minimum atomic E-state index is -0.780. The van der Waals surface area contributed by atoms with Gasteiger partial charge in [-0.1, -0.05) is 26.0 Å². The smallest absolute Gasteiger partial charge is 0.303 e. The number of hydrogen-bond donors (Lipinski definition) is 1. The second-order valence-electron chi connectivity index (χ2n) is 4.01. The predicted octanol–water partition coefficient (Wildman–Crippen LogP) is 2.74. The van der Waals surface area contributed by atoms with Gasteiger partial charge in [0.2, 0.25) is 0 Å². The van der Waals surface area contributed by atoms with E-state index in [1.165, 1.54) is 5.56 Å². The van der Waals surface area contributed by atoms with Crippen molar-refractivity contribution in [2.75, 3.05) is 6.61 Å². The molecule has 0 aliphatic carbocycles. The molecular weight excluding hydrogens is 204 g/mol. The summed E-state index contributed by atoms with van der Waals surface area (Å²) < 4.78 is 5.50. The van der Waals surface area contributed by atoms with Crippen LogP contribution in [0, 0.1) is 5.92 Å². The van der Waals surface area contributed by atoms with Gasteiger partial charge in [-0.25, -0.2) is 0 Å². The lowest BCUT2D eigenvalue weighted by Crippen LogP contribution is -2.12. The van der Waals surface area contributed by atoms with Crippen molar-refractivity contribution < 1.29 is 14.6 Å². The van der Waals surface area contributed by atoms with Crippen molar-refractivity contribution in [3.8, 4) is 5.75 Å². The number of carboxylic acids is 1. The Balaban J connectivity index is 2.39. The molecule has 1 rings (SSSR count). The zero-order chi connectivity index (χ0) is 12.0. The molecule has 3 heteroatoms. The van der Waals surface area contributed by atoms with Crippen LogP contribution in [0.3, 0.4) is 0 Å². The molecule has 0 heterocycles. The number of benzene rings is 1. The molecule has 0 amide bonds. The summed E-state index contributed by atoms with van der Waals surface area (Å²) in [5.74, 6) is 0.0511. The van der Waals surface area contributed by atoms with Crippen LogP contribution in [0.4, 0.5) is 0 Å². The van der Waals surface area contributed by atoms with Crippen molar-refractivity contribution in [3.05, 3.63) is 29.8 Å². The van der Waals surface area contributed by atoms with Crippen LogP contribution < -0.4 is 4.74 Å². The molecule has 1 atom stereocenters. The highest BCUT2D eigenvalue weighted by Crippen LogP contribution is 2.14. The Labute approximate surface area is 96.1 Å². The first-order valence-electron chi connectivity index (χ1n) is 5.55. The van der Waals surface area contributed by atoms with Crippen LogP contribution in [-0.2, 0) is 11.2 Å². The van der Waals surface area contributed by atoms with Crippen molar-refractivity contribution in [2.45, 2.75) is 26.7 Å². The van der Waals surface area contributed by atoms with Gasteiger partial charge in [0.15, 0.2) is 0 Å². The SMILES string of the molecule is CCc1ccc(OCC(C)CC(=O)O)cc1. The van der Waals surface area contributed by atoms with Crippen LogP contribution in [0.25, 0.3) is 0 Å². The molecule has 1 aromatic rings. The van der Waals surface area contributed by atoms with Gasteiger partial charge in [-0.3, -0.25) is 4.79 Å². The Morgan fingerprint density at radius 1 is 1.38 bits per heavy atom. The van der Waals surface area contributed by atoms with Crippen molar-refractivity contribution in [1.29, 1.82) is 0 Å². The predicted molar refractivity (Wildman–Crippen MR) is 62.7 cm³/mol. The minimum absolute atomic E-state index is 0.0309. The van der Waals surface area contributed by atoms with Crippen LogP contribution in [0.5, 0.6) is 5.75 Å². The molecule has 0 spiro atoms. The average molecular weight is 222 g/mol. The molecule has 0 aliphatic rings. The van der Waals surface area contributed by atoms with E-state index in [4.69, 9.17) is 9.84 Å². The first kappa shape index (κ1) is 12.6. The molecule has 0 saturated heterocycles. The Bertz CT molecular complexity index is 330. The van der Waals surface area contributed by atoms with Crippen LogP contribution in [0.1, 0.15) is 25.8 Å². The Morgan fingerprint density at radius 2 is 2.00 bits per heavy atom. The van der Waals surface area contributed by atoms with E-state index in [-0.39, 0.29) is 12.3 Å². The molecule has 0 aromatic heterocycles. The van der Waals surface area contributed by atoms with E-state index in [9.17, 15) is 4.79 Å². The van der Waals surface area contributed by atoms with E-state index in [0.29, 0.717) is 6.61 Å². The van der Waals surface area contributed by atoms with Crippen LogP contribution in [0.2, 0.25) is 0 Å². The fourth-order valence-corrected chi connectivity index (χ4v) is 1.42. The summed E-state index contributed by atoms with van der Waals surface area (Å²) in [4.78, 5) is 10.4. The van der Waals surface area contributed by atoms with Gasteiger partial charge in [-0.05, 0) is 24.1 Å². The van der Waals surface area contributed by atoms with Gasteiger partial charge in [0.1, 0.15) is 5.75 Å². The summed E-state index contributed by atoms with van der Waals surface area (Å²) in [6.07, 6.45) is 1.16. The van der Waals surface area contributed by atoms with E-state index in [2.05, 4.69) is 6.92 Å². The maximum Gasteiger partial charge on any atom is 0.303 e. The molecule has 88 valence electrons. The molecule has 0 bridgehead atoms. The number of ether oxygens (including phenoxy) is 1. The third-order valence-electron chi connectivity index (χ3n) is 2.39. The molecular formula is C13H18O3. The molecule has 0 aliphatic heterocycles. The van der Waals surface area contributed by atoms with Gasteiger partial charge in [0, 0.05) is 5.92 Å². The number of carboxylic acid groups (broad SMARTS) is 1. The van der Waals surface area contributed by atoms with E-state index >= 15 is 0 Å². The van der Waals surface area contributed by atoms with Crippen LogP contribution >= 0.6 is 0 Å². The Kier molecular flexibility index (Phi) is 4.83. The molecule has 1 aromatic carbocycles. The highest BCUT2D eigenvalue weighted by Gasteiger charge is 2.08. The monoisotopic (exact) mass is 222 g/mol. The maximum absolute atomic E-state index is 10.4. The number of rotatable bonds is 6. The molecule has 0 radical (unpaired) electrons. The molecule has 16 heavy (non-hydrogen) atoms. The quantitative estimate of drug-likeness (QED) is 0.805. The average Bonchev–Trinajstić information content (AvgIpc) is 2.26. The Hall–Kier alpha value is -1.51. The lowest BCUT2D eigenvalue weighted by Gasteiger charge is -2.11. The number of aliphatic carboxylic acids is 1. The van der Waals surface area contributed by atoms with Crippen molar-refractivity contribution in [2.24, 2.45) is 5.92 Å². The summed E-state index contributed by atoms with van der Waals surface area (Å²) in [6, 6.07) is 7.90. The van der Waals surface area contributed by atoms with Crippen molar-refractivity contribution in [1.82, 2.24) is 0 Å². The molecule has 0 saturated carbocycles. The second kappa shape index (κ2) is 6.16. The van der Waals surface area contributed by atoms with Gasteiger partial charge in [0.05, 0.1) is 13.0 Å². The van der Waals surface area contributed by atoms with Crippen LogP contribution in [-0.4, -0.2) is 17.7 Å². The molecule has 1 N–H and O–H groups in total. The topological polar surface area (TPSA) is 46.5 Å². The highest BCUT2D eigenvalue weighted by molar-refractivity contribution is 5.66. The molecule has 1 unspecified atom stereocenters. The minimum Gasteiger partial charge on any atom is -0.493 e. The fraction of sp³-hybridized carbons (Fsp3) is 0.462. The standard InChI is InChI=1S/C13H18O3/c1-3-11-4-6-12(7-5-11)16-9-10(2)8-13(14)15/h4-7,10H,3,8-9H2,1-2H3,(H,14,15). The summed E-state index contributed by atoms with van der Waals surface area (Å²) in [7, 11) is 0. The highest BCUT2D eigenvalue weighted by atomic mass is 16.5. The Morgan fingerprint density at radius 3 is 2.50 bits per heavy atom. The van der Waals surface area contributed by atoms with E-state index in [0.717, 1.165) is 12.2 Å². The lowest BCUT2D eigenvalue weighted by atomic mass is 10.1. The van der Waals surface area contributed by atoms with Gasteiger partial charge in [-0.2, -0.15) is 0 Å². The van der Waals surface area contributed by atoms with Crippen LogP contribution in [0.15, 0.2) is 24.3 Å². The van der Waals surface area contributed by atoms with E-state index < -0.39 is 5.97 Å². The third-order valence-corrected chi connectivity index (χ3v) is 2.39. The van der Waals surface area contributed by atoms with Gasteiger partial charge >= 0.3 is 5.97 Å². The summed E-state index contributed by atoms with van der Waals surface area (Å²) in [5.41, 5.74) is 1.27. The third kappa shape index (κ3) is 4.34. The molecule has 0 fully saturated rings. The normalized spacial score (nSPS) is 12.1. The number of carbonyl (C=O) groups is 1. The first-order chi connectivity index (χ1) is 7.61. The summed E-state index contributed by atoms with van der Waals surface area (Å²) in [5, 5.41) is 8.59. The van der Waals surface area contributed by atoms with Crippen molar-refractivity contribution >= 4 is 5.97 Å². The zero-order valence-corrected chi connectivity index (χ0v) is 9.77. The number of hydrogen-bond acceptors (Lipinski definition) is 2. The second-order valence-corrected chi connectivity index (χ2v) is 4.01.